The van der Waals surface area contributed by atoms with Crippen LogP contribution in [0, 0.1) is 11.3 Å². The molecule has 7 nitrogen and oxygen atoms in total. The summed E-state index contributed by atoms with van der Waals surface area (Å²) in [6.45, 7) is 0.567. The van der Waals surface area contributed by atoms with E-state index >= 15 is 0 Å². The van der Waals surface area contributed by atoms with Crippen LogP contribution in [0.4, 0.5) is 0 Å². The molecule has 0 fully saturated rings. The van der Waals surface area contributed by atoms with Gasteiger partial charge in [-0.2, -0.15) is 5.26 Å². The van der Waals surface area contributed by atoms with Gasteiger partial charge >= 0.3 is 0 Å². The Morgan fingerprint density at radius 3 is 2.42 bits per heavy atom. The minimum absolute atomic E-state index is 0.123. The first-order valence-corrected chi connectivity index (χ1v) is 7.78. The largest absolute Gasteiger partial charge is 0.493 e. The highest BCUT2D eigenvalue weighted by atomic mass is 16.5. The number of hydrogen-bond acceptors (Lipinski definition) is 6. The molecule has 0 radical (unpaired) electrons. The third-order valence-electron chi connectivity index (χ3n) is 4.12. The molecule has 130 valence electrons. The van der Waals surface area contributed by atoms with E-state index in [-0.39, 0.29) is 12.5 Å². The number of fused-ring (bicyclic) bond motifs is 1. The van der Waals surface area contributed by atoms with Crippen molar-refractivity contribution in [3.63, 3.8) is 0 Å². The highest BCUT2D eigenvalue weighted by molar-refractivity contribution is 6.01. The Morgan fingerprint density at radius 1 is 1.17 bits per heavy atom. The minimum atomic E-state index is -0.726. The highest BCUT2D eigenvalue weighted by Gasteiger charge is 2.41. The molecule has 0 saturated heterocycles. The van der Waals surface area contributed by atoms with Crippen LogP contribution in [-0.2, 0) is 0 Å². The summed E-state index contributed by atoms with van der Waals surface area (Å²) in [4.78, 5) is 14.3. The maximum atomic E-state index is 12.7. The van der Waals surface area contributed by atoms with Gasteiger partial charge in [-0.1, -0.05) is 0 Å². The first-order chi connectivity index (χ1) is 11.6. The molecule has 0 bridgehead atoms. The number of ether oxygens (including phenoxy) is 3. The molecule has 24 heavy (non-hydrogen) atoms. The van der Waals surface area contributed by atoms with E-state index in [9.17, 15) is 10.1 Å². The number of nitrogens with zero attached hydrogens (tertiary/aromatic N) is 2. The lowest BCUT2D eigenvalue weighted by Crippen LogP contribution is -2.28. The van der Waals surface area contributed by atoms with Crippen molar-refractivity contribution in [3.8, 4) is 23.3 Å². The Kier molecular flexibility index (Phi) is 5.88. The molecule has 1 atom stereocenters. The lowest BCUT2D eigenvalue weighted by Gasteiger charge is -2.21. The molecule has 1 aromatic rings. The van der Waals surface area contributed by atoms with Gasteiger partial charge in [-0.3, -0.25) is 4.79 Å². The van der Waals surface area contributed by atoms with Crippen molar-refractivity contribution in [2.45, 2.75) is 25.3 Å². The maximum absolute atomic E-state index is 12.7. The van der Waals surface area contributed by atoms with Crippen molar-refractivity contribution in [2.75, 3.05) is 34.5 Å². The van der Waals surface area contributed by atoms with Crippen molar-refractivity contribution < 1.29 is 24.1 Å². The first kappa shape index (κ1) is 17.9. The van der Waals surface area contributed by atoms with E-state index in [2.05, 4.69) is 6.07 Å². The zero-order valence-electron chi connectivity index (χ0n) is 14.2. The normalized spacial score (nSPS) is 15.9. The third-order valence-corrected chi connectivity index (χ3v) is 4.12. The molecule has 2 rings (SSSR count). The van der Waals surface area contributed by atoms with E-state index in [1.54, 1.807) is 6.07 Å². The van der Waals surface area contributed by atoms with Gasteiger partial charge in [-0.15, -0.1) is 0 Å². The maximum Gasteiger partial charge on any atom is 0.255 e. The van der Waals surface area contributed by atoms with Crippen LogP contribution in [0.5, 0.6) is 17.2 Å². The number of carbonyl (C=O) groups is 1. The summed E-state index contributed by atoms with van der Waals surface area (Å²) in [6, 6.07) is 3.05. The van der Waals surface area contributed by atoms with Crippen molar-refractivity contribution in [2.24, 2.45) is 0 Å². The fourth-order valence-corrected chi connectivity index (χ4v) is 2.99. The molecule has 0 aliphatic carbocycles. The molecule has 1 heterocycles. The summed E-state index contributed by atoms with van der Waals surface area (Å²) in [6.07, 6.45) is 2.19. The third kappa shape index (κ3) is 2.97. The van der Waals surface area contributed by atoms with Gasteiger partial charge in [-0.25, -0.2) is 0 Å². The molecule has 7 heteroatoms. The molecular formula is C17H22N2O5. The summed E-state index contributed by atoms with van der Waals surface area (Å²) in [5, 5.41) is 18.5. The van der Waals surface area contributed by atoms with E-state index in [0.29, 0.717) is 41.3 Å². The SMILES string of the molecule is COc1cc2c(c(OC)c1OC)C(C#N)N(CCCCCO)C2=O. The van der Waals surface area contributed by atoms with Gasteiger partial charge in [0.15, 0.2) is 11.5 Å². The van der Waals surface area contributed by atoms with Crippen LogP contribution in [0.3, 0.4) is 0 Å². The molecule has 0 saturated carbocycles. The Hall–Kier alpha value is -2.46. The molecule has 1 aliphatic heterocycles. The van der Waals surface area contributed by atoms with Crippen LogP contribution in [0.15, 0.2) is 6.07 Å². The van der Waals surface area contributed by atoms with Gasteiger partial charge in [0, 0.05) is 18.7 Å². The summed E-state index contributed by atoms with van der Waals surface area (Å²) >= 11 is 0. The van der Waals surface area contributed by atoms with Gasteiger partial charge in [0.25, 0.3) is 5.91 Å². The predicted octanol–water partition coefficient (Wildman–Crippen LogP) is 1.90. The topological polar surface area (TPSA) is 92.0 Å². The summed E-state index contributed by atoms with van der Waals surface area (Å²) in [7, 11) is 4.44. The average Bonchev–Trinajstić information content (AvgIpc) is 2.88. The second-order valence-corrected chi connectivity index (χ2v) is 5.42. The number of hydrogen-bond donors (Lipinski definition) is 1. The smallest absolute Gasteiger partial charge is 0.255 e. The Morgan fingerprint density at radius 2 is 1.88 bits per heavy atom. The molecule has 1 unspecified atom stereocenters. The van der Waals surface area contributed by atoms with Crippen molar-refractivity contribution in [1.29, 1.82) is 5.26 Å². The monoisotopic (exact) mass is 334 g/mol. The number of unbranched alkanes of at least 4 members (excludes halogenated alkanes) is 2. The molecule has 1 aromatic carbocycles. The highest BCUT2D eigenvalue weighted by Crippen LogP contribution is 2.49. The zero-order chi connectivity index (χ0) is 17.7. The van der Waals surface area contributed by atoms with Crippen LogP contribution in [-0.4, -0.2) is 50.4 Å². The molecular weight excluding hydrogens is 312 g/mol. The number of methoxy groups -OCH3 is 3. The van der Waals surface area contributed by atoms with Gasteiger partial charge in [0.05, 0.1) is 33.0 Å². The summed E-state index contributed by atoms with van der Waals surface area (Å²) < 4.78 is 16.1. The first-order valence-electron chi connectivity index (χ1n) is 7.78. The van der Waals surface area contributed by atoms with E-state index < -0.39 is 6.04 Å². The van der Waals surface area contributed by atoms with Crippen LogP contribution in [0.1, 0.15) is 41.2 Å². The number of nitriles is 1. The van der Waals surface area contributed by atoms with Crippen molar-refractivity contribution in [1.82, 2.24) is 4.90 Å². The van der Waals surface area contributed by atoms with E-state index in [1.807, 2.05) is 0 Å². The fraction of sp³-hybridized carbons (Fsp3) is 0.529. The van der Waals surface area contributed by atoms with Crippen molar-refractivity contribution >= 4 is 5.91 Å². The van der Waals surface area contributed by atoms with Crippen LogP contribution in [0.2, 0.25) is 0 Å². The molecule has 1 aliphatic rings. The Labute approximate surface area is 141 Å². The van der Waals surface area contributed by atoms with E-state index in [4.69, 9.17) is 19.3 Å². The number of rotatable bonds is 8. The lowest BCUT2D eigenvalue weighted by molar-refractivity contribution is 0.0753. The molecule has 1 N–H and O–H groups in total. The minimum Gasteiger partial charge on any atom is -0.493 e. The van der Waals surface area contributed by atoms with E-state index in [0.717, 1.165) is 12.8 Å². The van der Waals surface area contributed by atoms with E-state index in [1.165, 1.54) is 26.2 Å². The van der Waals surface area contributed by atoms with Crippen LogP contribution >= 0.6 is 0 Å². The standard InChI is InChI=1S/C17H22N2O5/c1-22-13-9-11-14(16(24-3)15(13)23-2)12(10-18)19(17(11)21)7-5-4-6-8-20/h9,12,20H,4-8H2,1-3H3. The second kappa shape index (κ2) is 7.88. The zero-order valence-corrected chi connectivity index (χ0v) is 14.2. The second-order valence-electron chi connectivity index (χ2n) is 5.42. The lowest BCUT2D eigenvalue weighted by atomic mass is 10.0. The van der Waals surface area contributed by atoms with Gasteiger partial charge < -0.3 is 24.2 Å². The van der Waals surface area contributed by atoms with Gasteiger partial charge in [0.2, 0.25) is 5.75 Å². The number of aliphatic hydroxyl groups is 1. The van der Waals surface area contributed by atoms with Crippen LogP contribution < -0.4 is 14.2 Å². The fourth-order valence-electron chi connectivity index (χ4n) is 2.99. The number of benzene rings is 1. The molecule has 0 spiro atoms. The molecule has 0 aromatic heterocycles. The number of aliphatic hydroxyl groups excluding tert-OH is 1. The predicted molar refractivity (Wildman–Crippen MR) is 86.4 cm³/mol. The Balaban J connectivity index is 2.43. The van der Waals surface area contributed by atoms with Crippen molar-refractivity contribution in [3.05, 3.63) is 17.2 Å². The number of carbonyl (C=O) groups excluding carboxylic acids is 1. The summed E-state index contributed by atoms with van der Waals surface area (Å²) in [5.74, 6) is 0.888. The summed E-state index contributed by atoms with van der Waals surface area (Å²) in [5.41, 5.74) is 0.919. The average molecular weight is 334 g/mol. The Bertz CT molecular complexity index is 653. The van der Waals surface area contributed by atoms with Crippen LogP contribution in [0.25, 0.3) is 0 Å². The number of amides is 1. The molecule has 1 amide bonds. The van der Waals surface area contributed by atoms with Gasteiger partial charge in [0.1, 0.15) is 6.04 Å². The van der Waals surface area contributed by atoms with Gasteiger partial charge in [-0.05, 0) is 25.3 Å². The quantitative estimate of drug-likeness (QED) is 0.730.